The van der Waals surface area contributed by atoms with Crippen LogP contribution in [0.3, 0.4) is 0 Å². The van der Waals surface area contributed by atoms with Crippen LogP contribution in [0.15, 0.2) is 53.6 Å². The monoisotopic (exact) mass is 617 g/mol. The summed E-state index contributed by atoms with van der Waals surface area (Å²) in [5.41, 5.74) is 4.09. The Kier molecular flexibility index (Phi) is 7.48. The van der Waals surface area contributed by atoms with E-state index in [0.29, 0.717) is 55.4 Å². The summed E-state index contributed by atoms with van der Waals surface area (Å²) in [6.45, 7) is 3.92. The highest BCUT2D eigenvalue weighted by Crippen LogP contribution is 2.43. The van der Waals surface area contributed by atoms with Gasteiger partial charge >= 0.3 is 0 Å². The summed E-state index contributed by atoms with van der Waals surface area (Å²) in [5, 5.41) is 0.781. The van der Waals surface area contributed by atoms with Crippen molar-refractivity contribution in [3.05, 3.63) is 65.4 Å². The van der Waals surface area contributed by atoms with Crippen LogP contribution in [0.1, 0.15) is 53.1 Å². The predicted octanol–water partition coefficient (Wildman–Crippen LogP) is 2.74. The minimum absolute atomic E-state index is 0.221. The standard InChI is InChI=1S/C32H35N5O6S/c1-34-28(38)8-7-27(32(34)40)37-26-9-12-33-30-24(5-6-25(29(26)30)31(37)39)22-10-13-35(14-11-22)20-21-3-2-4-23(19-21)44(41,42)36-15-17-43-18-16-36/h2-6,9,12,19,22,27H,7-8,10-11,13-18,20H2,1H3. The van der Waals surface area contributed by atoms with Crippen molar-refractivity contribution in [2.24, 2.45) is 0 Å². The molecule has 5 heterocycles. The summed E-state index contributed by atoms with van der Waals surface area (Å²) >= 11 is 0. The van der Waals surface area contributed by atoms with E-state index in [1.165, 1.54) is 11.4 Å². The number of aromatic nitrogens is 1. The number of rotatable bonds is 6. The fourth-order valence-electron chi connectivity index (χ4n) is 7.07. The molecule has 0 saturated carbocycles. The molecular weight excluding hydrogens is 582 g/mol. The first-order valence-corrected chi connectivity index (χ1v) is 16.6. The minimum atomic E-state index is -3.55. The predicted molar refractivity (Wildman–Crippen MR) is 163 cm³/mol. The van der Waals surface area contributed by atoms with E-state index < -0.39 is 16.1 Å². The number of morpholine rings is 1. The van der Waals surface area contributed by atoms with Crippen LogP contribution >= 0.6 is 0 Å². The Balaban J connectivity index is 1.07. The second-order valence-electron chi connectivity index (χ2n) is 12.0. The number of hydrogen-bond donors (Lipinski definition) is 0. The number of benzene rings is 2. The molecule has 3 aromatic rings. The van der Waals surface area contributed by atoms with Gasteiger partial charge in [0, 0.05) is 44.7 Å². The van der Waals surface area contributed by atoms with Gasteiger partial charge in [-0.1, -0.05) is 18.2 Å². The Hall–Kier alpha value is -3.71. The molecule has 230 valence electrons. The third-order valence-electron chi connectivity index (χ3n) is 9.48. The van der Waals surface area contributed by atoms with Crippen molar-refractivity contribution in [3.63, 3.8) is 0 Å². The molecule has 7 rings (SSSR count). The number of likely N-dealkylation sites (tertiary alicyclic amines) is 2. The second-order valence-corrected chi connectivity index (χ2v) is 13.9. The lowest BCUT2D eigenvalue weighted by Gasteiger charge is -2.34. The smallest absolute Gasteiger partial charge is 0.259 e. The number of carbonyl (C=O) groups is 3. The zero-order valence-corrected chi connectivity index (χ0v) is 25.5. The highest BCUT2D eigenvalue weighted by molar-refractivity contribution is 7.89. The number of imide groups is 1. The number of carbonyl (C=O) groups excluding carboxylic acids is 3. The van der Waals surface area contributed by atoms with E-state index in [9.17, 15) is 22.8 Å². The number of piperidine rings is 2. The van der Waals surface area contributed by atoms with Gasteiger partial charge in [-0.25, -0.2) is 8.42 Å². The third kappa shape index (κ3) is 4.90. The molecule has 1 atom stereocenters. The Morgan fingerprint density at radius 1 is 0.955 bits per heavy atom. The number of likely N-dealkylation sites (N-methyl/N-ethyl adjacent to an activating group) is 1. The molecule has 3 amide bonds. The molecule has 0 aliphatic carbocycles. The zero-order valence-electron chi connectivity index (χ0n) is 24.6. The van der Waals surface area contributed by atoms with Crippen molar-refractivity contribution < 1.29 is 27.5 Å². The minimum Gasteiger partial charge on any atom is -0.379 e. The first kappa shape index (κ1) is 29.0. The molecule has 0 spiro atoms. The van der Waals surface area contributed by atoms with Gasteiger partial charge in [-0.05, 0) is 73.7 Å². The molecule has 0 bridgehead atoms. The van der Waals surface area contributed by atoms with E-state index in [-0.39, 0.29) is 30.1 Å². The van der Waals surface area contributed by atoms with Gasteiger partial charge in [0.1, 0.15) is 6.04 Å². The number of nitrogens with zero attached hydrogens (tertiary/aromatic N) is 5. The first-order chi connectivity index (χ1) is 21.2. The maximum absolute atomic E-state index is 13.6. The van der Waals surface area contributed by atoms with Gasteiger partial charge in [-0.15, -0.1) is 0 Å². The van der Waals surface area contributed by atoms with Crippen LogP contribution in [-0.2, 0) is 30.9 Å². The Labute approximate surface area is 256 Å². The summed E-state index contributed by atoms with van der Waals surface area (Å²) in [4.78, 5) is 48.7. The molecule has 4 aliphatic heterocycles. The van der Waals surface area contributed by atoms with E-state index >= 15 is 0 Å². The maximum Gasteiger partial charge on any atom is 0.259 e. The van der Waals surface area contributed by atoms with Gasteiger partial charge in [0.15, 0.2) is 0 Å². The fourth-order valence-corrected chi connectivity index (χ4v) is 8.55. The highest BCUT2D eigenvalue weighted by Gasteiger charge is 2.43. The average molecular weight is 618 g/mol. The van der Waals surface area contributed by atoms with Crippen LogP contribution in [0, 0.1) is 0 Å². The van der Waals surface area contributed by atoms with Crippen LogP contribution in [0.4, 0.5) is 5.69 Å². The van der Waals surface area contributed by atoms with E-state index in [2.05, 4.69) is 4.90 Å². The molecule has 3 saturated heterocycles. The van der Waals surface area contributed by atoms with Crippen LogP contribution in [0.25, 0.3) is 10.9 Å². The molecule has 0 N–H and O–H groups in total. The van der Waals surface area contributed by atoms with Gasteiger partial charge < -0.3 is 4.74 Å². The first-order valence-electron chi connectivity index (χ1n) is 15.2. The summed E-state index contributed by atoms with van der Waals surface area (Å²) in [6, 6.07) is 12.2. The highest BCUT2D eigenvalue weighted by atomic mass is 32.2. The van der Waals surface area contributed by atoms with E-state index in [4.69, 9.17) is 9.72 Å². The number of pyridine rings is 1. The average Bonchev–Trinajstić information content (AvgIpc) is 3.33. The van der Waals surface area contributed by atoms with Gasteiger partial charge in [-0.3, -0.25) is 34.1 Å². The number of anilines is 1. The Morgan fingerprint density at radius 3 is 2.50 bits per heavy atom. The fraction of sp³-hybridized carbons (Fsp3) is 0.438. The zero-order chi connectivity index (χ0) is 30.6. The molecule has 4 aliphatic rings. The number of hydrogen-bond acceptors (Lipinski definition) is 8. The van der Waals surface area contributed by atoms with Crippen molar-refractivity contribution in [1.82, 2.24) is 19.1 Å². The third-order valence-corrected chi connectivity index (χ3v) is 11.4. The summed E-state index contributed by atoms with van der Waals surface area (Å²) in [5.74, 6) is -0.558. The molecule has 12 heteroatoms. The van der Waals surface area contributed by atoms with E-state index in [1.807, 2.05) is 24.3 Å². The van der Waals surface area contributed by atoms with E-state index in [1.54, 1.807) is 29.3 Å². The quantitative estimate of drug-likeness (QED) is 0.388. The lowest BCUT2D eigenvalue weighted by Crippen LogP contribution is -2.54. The van der Waals surface area contributed by atoms with Crippen LogP contribution in [0.5, 0.6) is 0 Å². The molecule has 3 fully saturated rings. The molecular formula is C32H35N5O6S. The number of amides is 3. The topological polar surface area (TPSA) is 120 Å². The lowest BCUT2D eigenvalue weighted by molar-refractivity contribution is -0.147. The van der Waals surface area contributed by atoms with E-state index in [0.717, 1.165) is 52.9 Å². The maximum atomic E-state index is 13.6. The number of sulfonamides is 1. The van der Waals surface area contributed by atoms with Crippen molar-refractivity contribution in [3.8, 4) is 0 Å². The van der Waals surface area contributed by atoms with Crippen molar-refractivity contribution in [2.75, 3.05) is 51.3 Å². The van der Waals surface area contributed by atoms with Crippen molar-refractivity contribution >= 4 is 44.3 Å². The molecule has 11 nitrogen and oxygen atoms in total. The summed E-state index contributed by atoms with van der Waals surface area (Å²) in [7, 11) is -2.08. The summed E-state index contributed by atoms with van der Waals surface area (Å²) < 4.78 is 33.1. The normalized spacial score (nSPS) is 22.4. The molecule has 0 radical (unpaired) electrons. The molecule has 44 heavy (non-hydrogen) atoms. The Morgan fingerprint density at radius 2 is 1.73 bits per heavy atom. The van der Waals surface area contributed by atoms with Gasteiger partial charge in [0.25, 0.3) is 11.8 Å². The van der Waals surface area contributed by atoms with Gasteiger partial charge in [0.2, 0.25) is 15.9 Å². The van der Waals surface area contributed by atoms with Crippen LogP contribution in [0.2, 0.25) is 0 Å². The largest absolute Gasteiger partial charge is 0.379 e. The summed E-state index contributed by atoms with van der Waals surface area (Å²) in [6.07, 6.45) is 4.03. The molecule has 1 aromatic heterocycles. The van der Waals surface area contributed by atoms with Crippen LogP contribution < -0.4 is 4.90 Å². The van der Waals surface area contributed by atoms with Crippen LogP contribution in [-0.4, -0.2) is 97.7 Å². The van der Waals surface area contributed by atoms with Crippen molar-refractivity contribution in [1.29, 1.82) is 0 Å². The SMILES string of the molecule is CN1C(=O)CCC(N2C(=O)c3ccc(C4CCN(Cc5cccc(S(=O)(=O)N6CCOCC6)c5)CC4)c4nccc2c34)C1=O. The van der Waals surface area contributed by atoms with Crippen molar-refractivity contribution in [2.45, 2.75) is 49.1 Å². The van der Waals surface area contributed by atoms with Gasteiger partial charge in [0.05, 0.1) is 34.9 Å². The lowest BCUT2D eigenvalue weighted by atomic mass is 9.87. The second kappa shape index (κ2) is 11.3. The Bertz CT molecular complexity index is 1760. The van der Waals surface area contributed by atoms with Gasteiger partial charge in [-0.2, -0.15) is 4.31 Å². The molecule has 2 aromatic carbocycles. The number of ether oxygens (including phenoxy) is 1. The molecule has 1 unspecified atom stereocenters.